The molecular weight excluding hydrogens is 454 g/mol. The third-order valence-electron chi connectivity index (χ3n) is 6.90. The highest BCUT2D eigenvalue weighted by Gasteiger charge is 2.24. The van der Waals surface area contributed by atoms with Crippen LogP contribution in [0.3, 0.4) is 0 Å². The average Bonchev–Trinajstić information content (AvgIpc) is 2.94. The van der Waals surface area contributed by atoms with E-state index < -0.39 is 0 Å². The third kappa shape index (κ3) is 5.47. The van der Waals surface area contributed by atoms with Crippen molar-refractivity contribution in [2.45, 2.75) is 32.5 Å². The molecule has 2 fully saturated rings. The quantitative estimate of drug-likeness (QED) is 0.423. The Labute approximate surface area is 211 Å². The lowest BCUT2D eigenvalue weighted by Crippen LogP contribution is -2.34. The predicted molar refractivity (Wildman–Crippen MR) is 139 cm³/mol. The summed E-state index contributed by atoms with van der Waals surface area (Å²) in [6.45, 7) is 5.85. The smallest absolute Gasteiger partial charge is 0.227 e. The SMILES string of the molecule is Cc1c(-c2cccc(CO)c2)nc(-c2cccc(NC(=O)C3CCNCC3)c2)nc1C1CNCCO1. The van der Waals surface area contributed by atoms with E-state index in [0.29, 0.717) is 19.0 Å². The van der Waals surface area contributed by atoms with Crippen molar-refractivity contribution >= 4 is 11.6 Å². The third-order valence-corrected chi connectivity index (χ3v) is 6.90. The number of nitrogens with one attached hydrogen (secondary N) is 3. The zero-order chi connectivity index (χ0) is 24.9. The number of aliphatic hydroxyl groups excluding tert-OH is 1. The molecule has 1 aromatic heterocycles. The van der Waals surface area contributed by atoms with Gasteiger partial charge in [-0.1, -0.05) is 30.3 Å². The van der Waals surface area contributed by atoms with Crippen LogP contribution in [-0.2, 0) is 16.1 Å². The van der Waals surface area contributed by atoms with Crippen molar-refractivity contribution in [1.82, 2.24) is 20.6 Å². The molecule has 3 heterocycles. The van der Waals surface area contributed by atoms with Gasteiger partial charge in [-0.2, -0.15) is 0 Å². The van der Waals surface area contributed by atoms with Crippen LogP contribution in [0.4, 0.5) is 5.69 Å². The fraction of sp³-hybridized carbons (Fsp3) is 0.393. The number of carbonyl (C=O) groups excluding carboxylic acids is 1. The Bertz CT molecular complexity index is 1220. The van der Waals surface area contributed by atoms with Crippen molar-refractivity contribution < 1.29 is 14.6 Å². The van der Waals surface area contributed by atoms with Crippen LogP contribution in [0.1, 0.15) is 35.8 Å². The lowest BCUT2D eigenvalue weighted by atomic mass is 9.97. The number of nitrogens with zero attached hydrogens (tertiary/aromatic N) is 2. The van der Waals surface area contributed by atoms with Crippen LogP contribution in [0.2, 0.25) is 0 Å². The Kier molecular flexibility index (Phi) is 7.67. The Hall–Kier alpha value is -3.17. The zero-order valence-electron chi connectivity index (χ0n) is 20.6. The highest BCUT2D eigenvalue weighted by Crippen LogP contribution is 2.32. The molecule has 2 saturated heterocycles. The summed E-state index contributed by atoms with van der Waals surface area (Å²) in [6, 6.07) is 15.5. The van der Waals surface area contributed by atoms with E-state index >= 15 is 0 Å². The molecule has 0 saturated carbocycles. The first-order valence-corrected chi connectivity index (χ1v) is 12.7. The summed E-state index contributed by atoms with van der Waals surface area (Å²) in [5, 5.41) is 19.4. The minimum atomic E-state index is -0.178. The maximum absolute atomic E-state index is 12.8. The topological polar surface area (TPSA) is 108 Å². The predicted octanol–water partition coefficient (Wildman–Crippen LogP) is 3.21. The normalized spacial score (nSPS) is 18.7. The van der Waals surface area contributed by atoms with Crippen LogP contribution in [-0.4, -0.2) is 53.8 Å². The van der Waals surface area contributed by atoms with Crippen LogP contribution < -0.4 is 16.0 Å². The van der Waals surface area contributed by atoms with Gasteiger partial charge in [0.25, 0.3) is 0 Å². The van der Waals surface area contributed by atoms with Gasteiger partial charge in [0.1, 0.15) is 6.10 Å². The molecule has 0 bridgehead atoms. The van der Waals surface area contributed by atoms with Crippen LogP contribution >= 0.6 is 0 Å². The number of ether oxygens (including phenoxy) is 1. The van der Waals surface area contributed by atoms with Crippen molar-refractivity contribution in [3.63, 3.8) is 0 Å². The standard InChI is InChI=1S/C28H33N5O3/c1-18-25(21-5-2-4-19(14-21)17-34)32-27(33-26(18)24-16-30-12-13-36-24)22-6-3-7-23(15-22)31-28(35)20-8-10-29-11-9-20/h2-7,14-15,20,24,29-30,34H,8-13,16-17H2,1H3,(H,31,35). The summed E-state index contributed by atoms with van der Waals surface area (Å²) in [6.07, 6.45) is 1.52. The van der Waals surface area contributed by atoms with E-state index in [0.717, 1.165) is 71.8 Å². The van der Waals surface area contributed by atoms with Gasteiger partial charge >= 0.3 is 0 Å². The molecule has 8 heteroatoms. The van der Waals surface area contributed by atoms with Crippen LogP contribution in [0.5, 0.6) is 0 Å². The van der Waals surface area contributed by atoms with E-state index in [4.69, 9.17) is 14.7 Å². The second-order valence-corrected chi connectivity index (χ2v) is 9.42. The number of morpholine rings is 1. The summed E-state index contributed by atoms with van der Waals surface area (Å²) in [5.41, 5.74) is 5.92. The first-order chi connectivity index (χ1) is 17.6. The number of piperidine rings is 1. The number of carbonyl (C=O) groups is 1. The molecule has 8 nitrogen and oxygen atoms in total. The first kappa shape index (κ1) is 24.5. The van der Waals surface area contributed by atoms with Gasteiger partial charge in [0.2, 0.25) is 5.91 Å². The molecular formula is C28H33N5O3. The lowest BCUT2D eigenvalue weighted by Gasteiger charge is -2.25. The summed E-state index contributed by atoms with van der Waals surface area (Å²) < 4.78 is 6.06. The molecule has 4 N–H and O–H groups in total. The van der Waals surface area contributed by atoms with Gasteiger partial charge in [-0.05, 0) is 62.2 Å². The molecule has 2 aromatic carbocycles. The second kappa shape index (κ2) is 11.3. The molecule has 1 atom stereocenters. The molecule has 1 amide bonds. The molecule has 0 aliphatic carbocycles. The van der Waals surface area contributed by atoms with E-state index in [1.807, 2.05) is 55.5 Å². The average molecular weight is 488 g/mol. The number of amides is 1. The van der Waals surface area contributed by atoms with Crippen molar-refractivity contribution in [2.24, 2.45) is 5.92 Å². The molecule has 0 radical (unpaired) electrons. The summed E-state index contributed by atoms with van der Waals surface area (Å²) in [4.78, 5) is 22.7. The Morgan fingerprint density at radius 2 is 1.86 bits per heavy atom. The fourth-order valence-electron chi connectivity index (χ4n) is 4.88. The number of rotatable bonds is 6. The zero-order valence-corrected chi connectivity index (χ0v) is 20.6. The first-order valence-electron chi connectivity index (χ1n) is 12.7. The number of aliphatic hydroxyl groups is 1. The van der Waals surface area contributed by atoms with E-state index in [1.165, 1.54) is 0 Å². The second-order valence-electron chi connectivity index (χ2n) is 9.42. The van der Waals surface area contributed by atoms with Crippen molar-refractivity contribution in [3.8, 4) is 22.6 Å². The summed E-state index contributed by atoms with van der Waals surface area (Å²) in [5.74, 6) is 0.660. The van der Waals surface area contributed by atoms with E-state index in [2.05, 4.69) is 16.0 Å². The number of anilines is 1. The molecule has 188 valence electrons. The molecule has 3 aromatic rings. The Morgan fingerprint density at radius 1 is 1.06 bits per heavy atom. The van der Waals surface area contributed by atoms with Gasteiger partial charge in [-0.15, -0.1) is 0 Å². The maximum atomic E-state index is 12.8. The van der Waals surface area contributed by atoms with Gasteiger partial charge < -0.3 is 25.8 Å². The molecule has 1 unspecified atom stereocenters. The van der Waals surface area contributed by atoms with Gasteiger partial charge in [0.15, 0.2) is 5.82 Å². The monoisotopic (exact) mass is 487 g/mol. The molecule has 36 heavy (non-hydrogen) atoms. The van der Waals surface area contributed by atoms with Gasteiger partial charge in [0, 0.05) is 35.8 Å². The Morgan fingerprint density at radius 3 is 2.64 bits per heavy atom. The van der Waals surface area contributed by atoms with Gasteiger partial charge in [-0.3, -0.25) is 4.79 Å². The minimum Gasteiger partial charge on any atom is -0.392 e. The Balaban J connectivity index is 1.52. The van der Waals surface area contributed by atoms with E-state index in [9.17, 15) is 9.90 Å². The molecule has 2 aliphatic heterocycles. The van der Waals surface area contributed by atoms with Crippen molar-refractivity contribution in [3.05, 3.63) is 65.4 Å². The maximum Gasteiger partial charge on any atom is 0.227 e. The molecule has 5 rings (SSSR count). The van der Waals surface area contributed by atoms with Crippen LogP contribution in [0.15, 0.2) is 48.5 Å². The summed E-state index contributed by atoms with van der Waals surface area (Å²) >= 11 is 0. The van der Waals surface area contributed by atoms with Crippen LogP contribution in [0.25, 0.3) is 22.6 Å². The minimum absolute atomic E-state index is 0.0264. The molecule has 2 aliphatic rings. The van der Waals surface area contributed by atoms with Gasteiger partial charge in [-0.25, -0.2) is 9.97 Å². The highest BCUT2D eigenvalue weighted by atomic mass is 16.5. The number of hydrogen-bond acceptors (Lipinski definition) is 7. The van der Waals surface area contributed by atoms with Crippen LogP contribution in [0, 0.1) is 12.8 Å². The lowest BCUT2D eigenvalue weighted by molar-refractivity contribution is -0.120. The number of hydrogen-bond donors (Lipinski definition) is 4. The van der Waals surface area contributed by atoms with Gasteiger partial charge in [0.05, 0.1) is 24.6 Å². The van der Waals surface area contributed by atoms with Crippen molar-refractivity contribution in [1.29, 1.82) is 0 Å². The van der Waals surface area contributed by atoms with Crippen molar-refractivity contribution in [2.75, 3.05) is 38.1 Å². The fourth-order valence-corrected chi connectivity index (χ4v) is 4.88. The largest absolute Gasteiger partial charge is 0.392 e. The van der Waals surface area contributed by atoms with E-state index in [1.54, 1.807) is 0 Å². The molecule has 0 spiro atoms. The number of aromatic nitrogens is 2. The highest BCUT2D eigenvalue weighted by molar-refractivity contribution is 5.93. The van der Waals surface area contributed by atoms with E-state index in [-0.39, 0.29) is 24.5 Å². The summed E-state index contributed by atoms with van der Waals surface area (Å²) in [7, 11) is 0. The number of benzene rings is 2.